The number of halogens is 1. The molecule has 2 aromatic carbocycles. The SMILES string of the molecule is COc1nccc(C2=C(c3ccc(F)cc3)N=C(c3ccc(CN(C)C)cc3)[NH+]2[O-])n1. The van der Waals surface area contributed by atoms with Gasteiger partial charge in [0.2, 0.25) is 5.84 Å². The Bertz CT molecular complexity index is 1140. The Morgan fingerprint density at radius 1 is 1.00 bits per heavy atom. The summed E-state index contributed by atoms with van der Waals surface area (Å²) in [5.41, 5.74) is 3.65. The molecule has 1 aromatic heterocycles. The molecule has 0 saturated heterocycles. The van der Waals surface area contributed by atoms with E-state index in [9.17, 15) is 9.60 Å². The molecule has 1 N–H and O–H groups in total. The standard InChI is InChI=1S/C23H22FN5O2/c1-28(2)14-15-4-6-17(7-5-15)22-27-20(16-8-10-18(24)11-9-16)21(29(22)30)19-12-13-25-23(26-19)31-3/h4-13,29H,14H2,1-3H3. The van der Waals surface area contributed by atoms with Crippen LogP contribution in [-0.4, -0.2) is 41.9 Å². The lowest BCUT2D eigenvalue weighted by atomic mass is 10.1. The third-order valence-corrected chi connectivity index (χ3v) is 4.82. The lowest BCUT2D eigenvalue weighted by Gasteiger charge is -2.20. The number of nitrogens with one attached hydrogen (secondary N) is 1. The maximum atomic E-state index is 13.5. The van der Waals surface area contributed by atoms with Gasteiger partial charge in [0, 0.05) is 18.3 Å². The van der Waals surface area contributed by atoms with Gasteiger partial charge in [0.05, 0.1) is 12.7 Å². The highest BCUT2D eigenvalue weighted by molar-refractivity contribution is 6.06. The van der Waals surface area contributed by atoms with Crippen LogP contribution in [0.5, 0.6) is 6.01 Å². The van der Waals surface area contributed by atoms with Crippen molar-refractivity contribution in [3.05, 3.63) is 94.2 Å². The molecular weight excluding hydrogens is 397 g/mol. The van der Waals surface area contributed by atoms with Gasteiger partial charge in [-0.1, -0.05) is 12.1 Å². The van der Waals surface area contributed by atoms with E-state index in [1.165, 1.54) is 25.4 Å². The molecule has 2 heterocycles. The van der Waals surface area contributed by atoms with Crippen molar-refractivity contribution in [3.8, 4) is 6.01 Å². The highest BCUT2D eigenvalue weighted by atomic mass is 19.1. The van der Waals surface area contributed by atoms with Crippen LogP contribution in [-0.2, 0) is 6.54 Å². The van der Waals surface area contributed by atoms with Gasteiger partial charge < -0.3 is 14.8 Å². The molecular formula is C23H22FN5O2. The lowest BCUT2D eigenvalue weighted by Crippen LogP contribution is -3.06. The fourth-order valence-corrected chi connectivity index (χ4v) is 3.41. The van der Waals surface area contributed by atoms with Crippen LogP contribution in [0.2, 0.25) is 0 Å². The van der Waals surface area contributed by atoms with Crippen molar-refractivity contribution < 1.29 is 14.2 Å². The van der Waals surface area contributed by atoms with Crippen molar-refractivity contribution in [3.63, 3.8) is 0 Å². The minimum Gasteiger partial charge on any atom is -0.622 e. The van der Waals surface area contributed by atoms with E-state index in [0.29, 0.717) is 34.1 Å². The minimum absolute atomic E-state index is 0.151. The highest BCUT2D eigenvalue weighted by Gasteiger charge is 2.32. The molecule has 4 rings (SSSR count). The van der Waals surface area contributed by atoms with E-state index in [1.54, 1.807) is 18.2 Å². The number of methoxy groups -OCH3 is 1. The number of quaternary nitrogens is 1. The largest absolute Gasteiger partial charge is 0.622 e. The Labute approximate surface area is 179 Å². The van der Waals surface area contributed by atoms with Crippen molar-refractivity contribution in [1.82, 2.24) is 14.9 Å². The van der Waals surface area contributed by atoms with Gasteiger partial charge in [0.15, 0.2) is 5.70 Å². The minimum atomic E-state index is -0.361. The summed E-state index contributed by atoms with van der Waals surface area (Å²) in [6, 6.07) is 15.4. The Hall–Kier alpha value is -3.46. The molecule has 0 amide bonds. The predicted octanol–water partition coefficient (Wildman–Crippen LogP) is 2.35. The fraction of sp³-hybridized carbons (Fsp3) is 0.174. The molecule has 8 heteroatoms. The number of benzene rings is 2. The molecule has 1 aliphatic rings. The van der Waals surface area contributed by atoms with Crippen molar-refractivity contribution in [2.45, 2.75) is 6.54 Å². The zero-order valence-electron chi connectivity index (χ0n) is 17.5. The normalized spacial score (nSPS) is 16.1. The number of aromatic nitrogens is 2. The van der Waals surface area contributed by atoms with Gasteiger partial charge >= 0.3 is 6.01 Å². The van der Waals surface area contributed by atoms with Crippen molar-refractivity contribution in [2.24, 2.45) is 4.99 Å². The number of nitrogens with zero attached hydrogens (tertiary/aromatic N) is 4. The van der Waals surface area contributed by atoms with Crippen LogP contribution >= 0.6 is 0 Å². The number of hydroxylamine groups is 2. The molecule has 1 unspecified atom stereocenters. The first-order chi connectivity index (χ1) is 15.0. The second-order valence-corrected chi connectivity index (χ2v) is 7.38. The Kier molecular flexibility index (Phi) is 5.85. The molecule has 0 radical (unpaired) electrons. The van der Waals surface area contributed by atoms with Gasteiger partial charge in [0.25, 0.3) is 0 Å². The third-order valence-electron chi connectivity index (χ3n) is 4.82. The van der Waals surface area contributed by atoms with Crippen LogP contribution in [0.15, 0.2) is 65.8 Å². The number of ether oxygens (including phenoxy) is 1. The van der Waals surface area contributed by atoms with Crippen LogP contribution in [0.1, 0.15) is 22.4 Å². The van der Waals surface area contributed by atoms with Gasteiger partial charge in [-0.25, -0.2) is 9.37 Å². The number of hydrogen-bond acceptors (Lipinski definition) is 6. The molecule has 0 aliphatic carbocycles. The quantitative estimate of drug-likeness (QED) is 0.621. The van der Waals surface area contributed by atoms with Gasteiger partial charge in [-0.15, -0.1) is 0 Å². The predicted molar refractivity (Wildman–Crippen MR) is 116 cm³/mol. The molecule has 0 bridgehead atoms. The van der Waals surface area contributed by atoms with E-state index in [1.807, 2.05) is 38.4 Å². The van der Waals surface area contributed by atoms with Crippen LogP contribution in [0, 0.1) is 11.0 Å². The molecule has 7 nitrogen and oxygen atoms in total. The first-order valence-electron chi connectivity index (χ1n) is 9.71. The molecule has 158 valence electrons. The summed E-state index contributed by atoms with van der Waals surface area (Å²) >= 11 is 0. The third kappa shape index (κ3) is 4.36. The van der Waals surface area contributed by atoms with E-state index >= 15 is 0 Å². The molecule has 3 aromatic rings. The number of amidine groups is 1. The fourth-order valence-electron chi connectivity index (χ4n) is 3.41. The molecule has 31 heavy (non-hydrogen) atoms. The van der Waals surface area contributed by atoms with E-state index in [4.69, 9.17) is 4.74 Å². The Morgan fingerprint density at radius 2 is 1.68 bits per heavy atom. The van der Waals surface area contributed by atoms with E-state index in [0.717, 1.165) is 12.1 Å². The van der Waals surface area contributed by atoms with E-state index < -0.39 is 0 Å². The molecule has 0 fully saturated rings. The zero-order valence-corrected chi connectivity index (χ0v) is 17.5. The summed E-state index contributed by atoms with van der Waals surface area (Å²) in [4.78, 5) is 15.1. The van der Waals surface area contributed by atoms with Crippen LogP contribution in [0.4, 0.5) is 4.39 Å². The molecule has 0 saturated carbocycles. The highest BCUT2D eigenvalue weighted by Crippen LogP contribution is 2.28. The topological polar surface area (TPSA) is 78.1 Å². The van der Waals surface area contributed by atoms with Crippen LogP contribution < -0.4 is 9.80 Å². The monoisotopic (exact) mass is 419 g/mol. The smallest absolute Gasteiger partial charge is 0.316 e. The van der Waals surface area contributed by atoms with Gasteiger partial charge in [0.1, 0.15) is 17.2 Å². The van der Waals surface area contributed by atoms with Gasteiger partial charge in [-0.05, 0) is 62.1 Å². The first kappa shape index (κ1) is 20.8. The summed E-state index contributed by atoms with van der Waals surface area (Å²) in [5, 5.41) is 13.2. The lowest BCUT2D eigenvalue weighted by molar-refractivity contribution is -0.655. The molecule has 0 spiro atoms. The van der Waals surface area contributed by atoms with Gasteiger partial charge in [-0.2, -0.15) is 9.98 Å². The Balaban J connectivity index is 1.78. The van der Waals surface area contributed by atoms with Crippen molar-refractivity contribution in [2.75, 3.05) is 21.2 Å². The summed E-state index contributed by atoms with van der Waals surface area (Å²) < 4.78 is 18.6. The summed E-state index contributed by atoms with van der Waals surface area (Å²) in [6.07, 6.45) is 1.53. The number of aliphatic imine (C=N–C) groups is 1. The van der Waals surface area contributed by atoms with E-state index in [2.05, 4.69) is 19.9 Å². The van der Waals surface area contributed by atoms with E-state index in [-0.39, 0.29) is 16.9 Å². The summed E-state index contributed by atoms with van der Waals surface area (Å²) in [7, 11) is 5.46. The number of rotatable bonds is 6. The zero-order chi connectivity index (χ0) is 22.0. The molecule has 1 aliphatic heterocycles. The second kappa shape index (κ2) is 8.73. The average molecular weight is 419 g/mol. The Morgan fingerprint density at radius 3 is 2.32 bits per heavy atom. The summed E-state index contributed by atoms with van der Waals surface area (Å²) in [5.74, 6) is -0.0390. The van der Waals surface area contributed by atoms with Crippen molar-refractivity contribution >= 4 is 17.2 Å². The maximum absolute atomic E-state index is 13.5. The maximum Gasteiger partial charge on any atom is 0.316 e. The second-order valence-electron chi connectivity index (χ2n) is 7.38. The number of hydrogen-bond donors (Lipinski definition) is 1. The molecule has 1 atom stereocenters. The average Bonchev–Trinajstić information content (AvgIpc) is 3.11. The first-order valence-corrected chi connectivity index (χ1v) is 9.71. The van der Waals surface area contributed by atoms with Gasteiger partial charge in [-0.3, -0.25) is 5.06 Å². The van der Waals surface area contributed by atoms with Crippen LogP contribution in [0.25, 0.3) is 11.4 Å². The summed E-state index contributed by atoms with van der Waals surface area (Å²) in [6.45, 7) is 0.797. The van der Waals surface area contributed by atoms with Crippen LogP contribution in [0.3, 0.4) is 0 Å². The van der Waals surface area contributed by atoms with Crippen molar-refractivity contribution in [1.29, 1.82) is 0 Å².